The molecule has 0 aliphatic carbocycles. The third-order valence-corrected chi connectivity index (χ3v) is 13.4. The van der Waals surface area contributed by atoms with E-state index in [-0.39, 0.29) is 10.9 Å². The van der Waals surface area contributed by atoms with E-state index in [4.69, 9.17) is 21.0 Å². The maximum absolute atomic E-state index is 12.7. The average Bonchev–Trinajstić information content (AvgIpc) is 3.24. The van der Waals surface area contributed by atoms with Crippen molar-refractivity contribution in [3.8, 4) is 17.3 Å². The minimum atomic E-state index is -2.08. The summed E-state index contributed by atoms with van der Waals surface area (Å²) in [7, 11) is 2.78. The second-order valence-electron chi connectivity index (χ2n) is 13.3. The number of anilines is 3. The molecule has 1 radical (unpaired) electrons. The highest BCUT2D eigenvalue weighted by Crippen LogP contribution is 2.46. The van der Waals surface area contributed by atoms with Gasteiger partial charge >= 0.3 is 7.41 Å². The Kier molecular flexibility index (Phi) is 9.31. The van der Waals surface area contributed by atoms with Gasteiger partial charge in [0.15, 0.2) is 8.32 Å². The molecule has 1 aliphatic heterocycles. The van der Waals surface area contributed by atoms with E-state index in [0.29, 0.717) is 52.3 Å². The van der Waals surface area contributed by atoms with Crippen LogP contribution in [0.25, 0.3) is 11.3 Å². The van der Waals surface area contributed by atoms with Gasteiger partial charge in [0.2, 0.25) is 5.95 Å². The number of hydrogen-bond donors (Lipinski definition) is 1. The quantitative estimate of drug-likeness (QED) is 0.216. The monoisotopic (exact) mass is 629 g/mol. The third kappa shape index (κ3) is 6.53. The SMILES string of the molecule is Cc1c(Nc2nccc(-c3cc(C#N)c4c(c3)C(C)(CO[Si](C)(C)C(C)(C)C)CN4[B]C=O)n2)cc(Cl)cc1C(=O)N(C)C. The number of halogens is 1. The molecule has 1 amide bonds. The lowest BCUT2D eigenvalue weighted by molar-refractivity contribution is 0.0827. The summed E-state index contributed by atoms with van der Waals surface area (Å²) in [5.41, 5.74) is 4.76. The Balaban J connectivity index is 1.76. The van der Waals surface area contributed by atoms with Gasteiger partial charge in [0, 0.05) is 66.4 Å². The first-order valence-corrected chi connectivity index (χ1v) is 17.7. The van der Waals surface area contributed by atoms with Crippen LogP contribution in [0.15, 0.2) is 36.5 Å². The molecule has 3 aromatic rings. The van der Waals surface area contributed by atoms with Crippen LogP contribution in [0.3, 0.4) is 0 Å². The molecule has 0 bridgehead atoms. The molecule has 229 valence electrons. The first-order chi connectivity index (χ1) is 20.5. The molecule has 9 nitrogen and oxygen atoms in total. The molecule has 1 N–H and O–H groups in total. The lowest BCUT2D eigenvalue weighted by Crippen LogP contribution is -2.46. The van der Waals surface area contributed by atoms with Gasteiger partial charge in [-0.25, -0.2) is 9.97 Å². The van der Waals surface area contributed by atoms with Crippen LogP contribution >= 0.6 is 11.6 Å². The summed E-state index contributed by atoms with van der Waals surface area (Å²) >= 11 is 6.37. The Morgan fingerprint density at radius 3 is 2.61 bits per heavy atom. The van der Waals surface area contributed by atoms with E-state index in [2.05, 4.69) is 57.2 Å². The number of rotatable bonds is 9. The number of nitrogens with zero attached hydrogens (tertiary/aromatic N) is 5. The fourth-order valence-electron chi connectivity index (χ4n) is 5.03. The van der Waals surface area contributed by atoms with E-state index in [1.807, 2.05) is 17.8 Å². The first kappa shape index (κ1) is 33.2. The predicted molar refractivity (Wildman–Crippen MR) is 180 cm³/mol. The molecule has 1 unspecified atom stereocenters. The number of nitrogens with one attached hydrogen (secondary N) is 1. The van der Waals surface area contributed by atoms with E-state index >= 15 is 0 Å². The van der Waals surface area contributed by atoms with Crippen LogP contribution < -0.4 is 10.1 Å². The lowest BCUT2D eigenvalue weighted by atomic mass is 9.83. The summed E-state index contributed by atoms with van der Waals surface area (Å²) in [6.07, 6.45) is 2.39. The molecule has 1 atom stereocenters. The number of benzene rings is 2. The molecule has 2 heterocycles. The topological polar surface area (TPSA) is 111 Å². The Morgan fingerprint density at radius 2 is 2.00 bits per heavy atom. The maximum atomic E-state index is 12.7. The van der Waals surface area contributed by atoms with Crippen LogP contribution in [0.1, 0.15) is 54.7 Å². The zero-order valence-corrected chi connectivity index (χ0v) is 28.6. The van der Waals surface area contributed by atoms with E-state index in [0.717, 1.165) is 22.9 Å². The minimum absolute atomic E-state index is 0.0330. The highest BCUT2D eigenvalue weighted by Gasteiger charge is 2.44. The molecule has 1 aliphatic rings. The van der Waals surface area contributed by atoms with Gasteiger partial charge in [-0.1, -0.05) is 39.3 Å². The van der Waals surface area contributed by atoms with Gasteiger partial charge in [-0.15, -0.1) is 0 Å². The number of nitriles is 1. The molecular formula is C32H39BClN6O3Si. The predicted octanol–water partition coefficient (Wildman–Crippen LogP) is 6.33. The maximum Gasteiger partial charge on any atom is 0.329 e. The summed E-state index contributed by atoms with van der Waals surface area (Å²) in [4.78, 5) is 36.8. The Bertz CT molecular complexity index is 1650. The van der Waals surface area contributed by atoms with Crippen LogP contribution in [0, 0.1) is 18.3 Å². The number of amides is 1. The summed E-state index contributed by atoms with van der Waals surface area (Å²) < 4.78 is 6.68. The van der Waals surface area contributed by atoms with Gasteiger partial charge in [-0.3, -0.25) is 4.79 Å². The number of fused-ring (bicyclic) bond motifs is 1. The summed E-state index contributed by atoms with van der Waals surface area (Å²) in [6.45, 7) is 16.0. The zero-order chi connectivity index (χ0) is 32.6. The molecule has 12 heteroatoms. The van der Waals surface area contributed by atoms with Crippen LogP contribution in [0.5, 0.6) is 0 Å². The van der Waals surface area contributed by atoms with Crippen LogP contribution in [0.2, 0.25) is 23.2 Å². The highest BCUT2D eigenvalue weighted by molar-refractivity contribution is 6.74. The highest BCUT2D eigenvalue weighted by atomic mass is 35.5. The second-order valence-corrected chi connectivity index (χ2v) is 18.5. The van der Waals surface area contributed by atoms with Crippen molar-refractivity contribution in [3.05, 3.63) is 63.8 Å². The van der Waals surface area contributed by atoms with Crippen molar-refractivity contribution in [2.45, 2.75) is 58.2 Å². The van der Waals surface area contributed by atoms with Gasteiger partial charge in [0.1, 0.15) is 12.3 Å². The second kappa shape index (κ2) is 12.3. The summed E-state index contributed by atoms with van der Waals surface area (Å²) in [6, 6.07) is 11.3. The van der Waals surface area contributed by atoms with Gasteiger partial charge in [0.05, 0.1) is 11.3 Å². The lowest BCUT2D eigenvalue weighted by Gasteiger charge is -2.39. The van der Waals surface area contributed by atoms with Gasteiger partial charge in [-0.05, 0) is 66.5 Å². The van der Waals surface area contributed by atoms with E-state index in [1.54, 1.807) is 44.6 Å². The Labute approximate surface area is 267 Å². The largest absolute Gasteiger partial charge is 0.416 e. The van der Waals surface area contributed by atoms with E-state index < -0.39 is 13.7 Å². The molecule has 0 fully saturated rings. The molecule has 0 saturated carbocycles. The normalized spacial score (nSPS) is 16.2. The van der Waals surface area contributed by atoms with Crippen molar-refractivity contribution in [2.24, 2.45) is 0 Å². The zero-order valence-electron chi connectivity index (χ0n) is 26.9. The van der Waals surface area contributed by atoms with Crippen LogP contribution in [-0.4, -0.2) is 69.9 Å². The van der Waals surface area contributed by atoms with Crippen molar-refractivity contribution in [3.63, 3.8) is 0 Å². The number of aromatic nitrogens is 2. The van der Waals surface area contributed by atoms with Gasteiger partial charge in [-0.2, -0.15) is 5.26 Å². The molecule has 44 heavy (non-hydrogen) atoms. The van der Waals surface area contributed by atoms with Gasteiger partial charge < -0.3 is 24.2 Å². The number of carbonyl (C=O) groups excluding carboxylic acids is 2. The molecule has 0 saturated heterocycles. The first-order valence-electron chi connectivity index (χ1n) is 14.4. The summed E-state index contributed by atoms with van der Waals surface area (Å²) in [5.74, 6) is 0.154. The summed E-state index contributed by atoms with van der Waals surface area (Å²) in [5, 5.41) is 13.9. The smallest absolute Gasteiger partial charge is 0.329 e. The standard InChI is InChI=1S/C32H39BClN6O3Si/c1-20-24(29(42)39(6)7)14-23(34)15-27(20)38-30-36-11-10-26(37-30)21-12-22(16-35)28-25(13-21)32(5,17-40(28)33-19-41)18-43-44(8,9)31(2,3)4/h10-15,19H,17-18H2,1-9H3,(H,36,37,38). The molecule has 2 aromatic carbocycles. The third-order valence-electron chi connectivity index (χ3n) is 8.69. The fourth-order valence-corrected chi connectivity index (χ4v) is 6.36. The molecule has 0 spiro atoms. The van der Waals surface area contributed by atoms with Gasteiger partial charge in [0.25, 0.3) is 5.91 Å². The number of carbonyl (C=O) groups is 2. The Morgan fingerprint density at radius 1 is 1.30 bits per heavy atom. The van der Waals surface area contributed by atoms with Crippen LogP contribution in [0.4, 0.5) is 17.3 Å². The van der Waals surface area contributed by atoms with Crippen molar-refractivity contribution < 1.29 is 14.0 Å². The van der Waals surface area contributed by atoms with Crippen molar-refractivity contribution in [1.29, 1.82) is 5.26 Å². The van der Waals surface area contributed by atoms with E-state index in [9.17, 15) is 14.9 Å². The molecule has 1 aromatic heterocycles. The van der Waals surface area contributed by atoms with Crippen molar-refractivity contribution in [1.82, 2.24) is 14.9 Å². The van der Waals surface area contributed by atoms with Crippen molar-refractivity contribution >= 4 is 56.7 Å². The average molecular weight is 630 g/mol. The Hall–Kier alpha value is -3.72. The number of hydrogen-bond acceptors (Lipinski definition) is 8. The minimum Gasteiger partial charge on any atom is -0.416 e. The van der Waals surface area contributed by atoms with Crippen LogP contribution in [-0.2, 0) is 14.6 Å². The fraction of sp³-hybridized carbons (Fsp3) is 0.406. The molecular weight excluding hydrogens is 591 g/mol. The van der Waals surface area contributed by atoms with E-state index in [1.165, 1.54) is 12.3 Å². The molecule has 4 rings (SSSR count). The van der Waals surface area contributed by atoms with Crippen molar-refractivity contribution in [2.75, 3.05) is 37.4 Å².